The number of carbonyl (C=O) groups is 4. The van der Waals surface area contributed by atoms with Gasteiger partial charge in [-0.15, -0.1) is 11.7 Å². The SMILES string of the molecule is C=CCCNC(=O)c1cn(-c2ccc3c(c2)CN(C2CCC(=O)NC2=O)C3=O)nn1. The molecule has 2 aliphatic rings. The number of hydrogen-bond donors (Lipinski definition) is 2. The molecule has 2 aliphatic heterocycles. The number of rotatable bonds is 6. The van der Waals surface area contributed by atoms with Gasteiger partial charge in [0.1, 0.15) is 6.04 Å². The Balaban J connectivity index is 1.51. The van der Waals surface area contributed by atoms with Gasteiger partial charge in [0.2, 0.25) is 11.8 Å². The summed E-state index contributed by atoms with van der Waals surface area (Å²) >= 11 is 0. The molecule has 1 atom stereocenters. The van der Waals surface area contributed by atoms with E-state index in [0.717, 1.165) is 5.56 Å². The van der Waals surface area contributed by atoms with E-state index < -0.39 is 11.9 Å². The molecule has 2 aromatic rings. The molecule has 1 saturated heterocycles. The monoisotopic (exact) mass is 408 g/mol. The van der Waals surface area contributed by atoms with Crippen molar-refractivity contribution >= 4 is 23.6 Å². The molecule has 2 N–H and O–H groups in total. The number of nitrogens with one attached hydrogen (secondary N) is 2. The topological polar surface area (TPSA) is 126 Å². The Kier molecular flexibility index (Phi) is 5.13. The number of fused-ring (bicyclic) bond motifs is 1. The molecule has 10 nitrogen and oxygen atoms in total. The van der Waals surface area contributed by atoms with E-state index in [1.807, 2.05) is 0 Å². The van der Waals surface area contributed by atoms with Crippen LogP contribution in [0.2, 0.25) is 0 Å². The lowest BCUT2D eigenvalue weighted by Gasteiger charge is -2.29. The van der Waals surface area contributed by atoms with Gasteiger partial charge in [-0.3, -0.25) is 24.5 Å². The summed E-state index contributed by atoms with van der Waals surface area (Å²) in [7, 11) is 0. The number of nitrogens with zero attached hydrogens (tertiary/aromatic N) is 4. The highest BCUT2D eigenvalue weighted by Gasteiger charge is 2.39. The van der Waals surface area contributed by atoms with Crippen molar-refractivity contribution in [2.24, 2.45) is 0 Å². The van der Waals surface area contributed by atoms with E-state index in [1.165, 1.54) is 15.8 Å². The molecule has 1 fully saturated rings. The van der Waals surface area contributed by atoms with Gasteiger partial charge < -0.3 is 10.2 Å². The van der Waals surface area contributed by atoms with Gasteiger partial charge in [0.25, 0.3) is 11.8 Å². The normalized spacial score (nSPS) is 18.2. The molecule has 1 unspecified atom stereocenters. The number of hydrogen-bond acceptors (Lipinski definition) is 6. The summed E-state index contributed by atoms with van der Waals surface area (Å²) in [5, 5.41) is 12.9. The van der Waals surface area contributed by atoms with E-state index in [1.54, 1.807) is 24.3 Å². The van der Waals surface area contributed by atoms with Gasteiger partial charge in [-0.1, -0.05) is 11.3 Å². The van der Waals surface area contributed by atoms with Crippen molar-refractivity contribution in [1.82, 2.24) is 30.5 Å². The second-order valence-corrected chi connectivity index (χ2v) is 7.12. The van der Waals surface area contributed by atoms with Gasteiger partial charge in [-0.2, -0.15) is 0 Å². The molecular weight excluding hydrogens is 388 g/mol. The molecule has 1 aromatic carbocycles. The van der Waals surface area contributed by atoms with E-state index in [-0.39, 0.29) is 36.4 Å². The highest BCUT2D eigenvalue weighted by molar-refractivity contribution is 6.05. The molecule has 3 heterocycles. The summed E-state index contributed by atoms with van der Waals surface area (Å²) in [5.41, 5.74) is 2.07. The molecule has 4 amide bonds. The second kappa shape index (κ2) is 7.90. The van der Waals surface area contributed by atoms with Crippen LogP contribution in [0.1, 0.15) is 45.7 Å². The molecule has 154 valence electrons. The first-order valence-electron chi connectivity index (χ1n) is 9.57. The molecule has 0 aliphatic carbocycles. The third kappa shape index (κ3) is 3.59. The van der Waals surface area contributed by atoms with Crippen molar-refractivity contribution in [3.8, 4) is 5.69 Å². The fourth-order valence-corrected chi connectivity index (χ4v) is 3.58. The van der Waals surface area contributed by atoms with Crippen LogP contribution >= 0.6 is 0 Å². The van der Waals surface area contributed by atoms with Crippen LogP contribution in [0.15, 0.2) is 37.1 Å². The Bertz CT molecular complexity index is 1060. The van der Waals surface area contributed by atoms with E-state index >= 15 is 0 Å². The maximum atomic E-state index is 12.8. The molecular formula is C20H20N6O4. The lowest BCUT2D eigenvalue weighted by Crippen LogP contribution is -2.52. The highest BCUT2D eigenvalue weighted by Crippen LogP contribution is 2.28. The first kappa shape index (κ1) is 19.5. The van der Waals surface area contributed by atoms with Crippen LogP contribution in [0.5, 0.6) is 0 Å². The van der Waals surface area contributed by atoms with Crippen molar-refractivity contribution < 1.29 is 19.2 Å². The van der Waals surface area contributed by atoms with E-state index in [2.05, 4.69) is 27.5 Å². The van der Waals surface area contributed by atoms with Crippen molar-refractivity contribution in [1.29, 1.82) is 0 Å². The van der Waals surface area contributed by atoms with Crippen molar-refractivity contribution in [3.05, 3.63) is 53.9 Å². The number of benzene rings is 1. The minimum absolute atomic E-state index is 0.181. The minimum atomic E-state index is -0.664. The van der Waals surface area contributed by atoms with E-state index in [4.69, 9.17) is 0 Å². The zero-order chi connectivity index (χ0) is 21.3. The van der Waals surface area contributed by atoms with Crippen LogP contribution in [-0.4, -0.2) is 56.1 Å². The standard InChI is InChI=1S/C20H20N6O4/c1-2-3-8-21-18(28)15-11-26(24-23-15)13-4-5-14-12(9-13)10-25(20(14)30)16-6-7-17(27)22-19(16)29/h2,4-5,9,11,16H,1,3,6-8,10H2,(H,21,28)(H,22,27,29). The second-order valence-electron chi connectivity index (χ2n) is 7.12. The third-order valence-corrected chi connectivity index (χ3v) is 5.13. The summed E-state index contributed by atoms with van der Waals surface area (Å²) in [5.74, 6) is -1.34. The predicted octanol–water partition coefficient (Wildman–Crippen LogP) is 0.334. The summed E-state index contributed by atoms with van der Waals surface area (Å²) < 4.78 is 1.46. The Labute approximate surface area is 171 Å². The van der Waals surface area contributed by atoms with Gasteiger partial charge in [0, 0.05) is 25.1 Å². The van der Waals surface area contributed by atoms with Gasteiger partial charge in [-0.25, -0.2) is 4.68 Å². The van der Waals surface area contributed by atoms with E-state index in [0.29, 0.717) is 30.6 Å². The van der Waals surface area contributed by atoms with Crippen LogP contribution in [0.25, 0.3) is 5.69 Å². The number of piperidine rings is 1. The molecule has 4 rings (SSSR count). The smallest absolute Gasteiger partial charge is 0.273 e. The molecule has 30 heavy (non-hydrogen) atoms. The zero-order valence-electron chi connectivity index (χ0n) is 16.1. The van der Waals surface area contributed by atoms with Crippen LogP contribution in [-0.2, 0) is 16.1 Å². The first-order valence-corrected chi connectivity index (χ1v) is 9.57. The fraction of sp³-hybridized carbons (Fsp3) is 0.300. The van der Waals surface area contributed by atoms with E-state index in [9.17, 15) is 19.2 Å². The van der Waals surface area contributed by atoms with Crippen molar-refractivity contribution in [3.63, 3.8) is 0 Å². The number of carbonyl (C=O) groups excluding carboxylic acids is 4. The maximum Gasteiger partial charge on any atom is 0.273 e. The van der Waals surface area contributed by atoms with Gasteiger partial charge in [0.15, 0.2) is 5.69 Å². The number of aromatic nitrogens is 3. The first-order chi connectivity index (χ1) is 14.5. The van der Waals surface area contributed by atoms with Crippen LogP contribution in [0, 0.1) is 0 Å². The number of imide groups is 1. The van der Waals surface area contributed by atoms with Gasteiger partial charge in [0.05, 0.1) is 11.9 Å². The summed E-state index contributed by atoms with van der Waals surface area (Å²) in [6.45, 7) is 4.33. The van der Waals surface area contributed by atoms with Crippen molar-refractivity contribution in [2.75, 3.05) is 6.54 Å². The molecule has 1 aromatic heterocycles. The Morgan fingerprint density at radius 1 is 1.33 bits per heavy atom. The van der Waals surface area contributed by atoms with Crippen molar-refractivity contribution in [2.45, 2.75) is 31.8 Å². The number of amides is 4. The molecule has 0 saturated carbocycles. The minimum Gasteiger partial charge on any atom is -0.350 e. The largest absolute Gasteiger partial charge is 0.350 e. The zero-order valence-corrected chi connectivity index (χ0v) is 16.1. The molecule has 10 heteroatoms. The molecule has 0 bridgehead atoms. The quantitative estimate of drug-likeness (QED) is 0.403. The third-order valence-electron chi connectivity index (χ3n) is 5.13. The summed E-state index contributed by atoms with van der Waals surface area (Å²) in [4.78, 5) is 49.9. The Morgan fingerprint density at radius 2 is 2.17 bits per heavy atom. The lowest BCUT2D eigenvalue weighted by molar-refractivity contribution is -0.136. The van der Waals surface area contributed by atoms with Crippen LogP contribution in [0.3, 0.4) is 0 Å². The fourth-order valence-electron chi connectivity index (χ4n) is 3.58. The Morgan fingerprint density at radius 3 is 2.93 bits per heavy atom. The van der Waals surface area contributed by atoms with Gasteiger partial charge in [-0.05, 0) is 36.6 Å². The summed E-state index contributed by atoms with van der Waals surface area (Å²) in [6, 6.07) is 4.50. The highest BCUT2D eigenvalue weighted by atomic mass is 16.2. The Hall–Kier alpha value is -3.82. The maximum absolute atomic E-state index is 12.8. The van der Waals surface area contributed by atoms with Crippen LogP contribution < -0.4 is 10.6 Å². The summed E-state index contributed by atoms with van der Waals surface area (Å²) in [6.07, 6.45) is 4.40. The lowest BCUT2D eigenvalue weighted by atomic mass is 10.0. The van der Waals surface area contributed by atoms with Gasteiger partial charge >= 0.3 is 0 Å². The van der Waals surface area contributed by atoms with Crippen LogP contribution in [0.4, 0.5) is 0 Å². The average Bonchev–Trinajstić information content (AvgIpc) is 3.33. The molecule has 0 spiro atoms. The average molecular weight is 408 g/mol. The predicted molar refractivity (Wildman–Crippen MR) is 105 cm³/mol. The molecule has 0 radical (unpaired) electrons.